The Morgan fingerprint density at radius 2 is 1.76 bits per heavy atom. The molecule has 2 rings (SSSR count). The molecule has 0 aliphatic carbocycles. The number of amides is 1. The first kappa shape index (κ1) is 19.1. The molecular formula is C18H21N3O2S2. The molecule has 1 amide bonds. The summed E-state index contributed by atoms with van der Waals surface area (Å²) in [7, 11) is 1.63. The summed E-state index contributed by atoms with van der Waals surface area (Å²) in [4.78, 5) is 12.9. The molecule has 0 aliphatic rings. The number of aryl methyl sites for hydroxylation is 1. The van der Waals surface area contributed by atoms with E-state index in [1.54, 1.807) is 7.11 Å². The van der Waals surface area contributed by atoms with Crippen molar-refractivity contribution in [2.45, 2.75) is 18.4 Å². The van der Waals surface area contributed by atoms with Crippen LogP contribution in [-0.2, 0) is 11.3 Å². The van der Waals surface area contributed by atoms with Crippen LogP contribution in [0.15, 0.2) is 53.4 Å². The lowest BCUT2D eigenvalue weighted by molar-refractivity contribution is -0.119. The summed E-state index contributed by atoms with van der Waals surface area (Å²) in [5, 5.41) is 3.40. The van der Waals surface area contributed by atoms with Gasteiger partial charge in [0.05, 0.1) is 12.9 Å². The quantitative estimate of drug-likeness (QED) is 0.410. The molecule has 0 aliphatic heterocycles. The average molecular weight is 376 g/mol. The molecule has 0 radical (unpaired) electrons. The lowest BCUT2D eigenvalue weighted by Crippen LogP contribution is -2.47. The summed E-state index contributed by atoms with van der Waals surface area (Å²) in [6.07, 6.45) is 0. The van der Waals surface area contributed by atoms with E-state index in [4.69, 9.17) is 17.0 Å². The van der Waals surface area contributed by atoms with Gasteiger partial charge in [0.15, 0.2) is 5.11 Å². The Bertz CT molecular complexity index is 703. The number of thioether (sulfide) groups is 1. The van der Waals surface area contributed by atoms with Gasteiger partial charge in [0.1, 0.15) is 5.75 Å². The lowest BCUT2D eigenvalue weighted by Gasteiger charge is -2.12. The van der Waals surface area contributed by atoms with Crippen LogP contribution in [0, 0.1) is 6.92 Å². The van der Waals surface area contributed by atoms with E-state index in [-0.39, 0.29) is 5.91 Å². The second kappa shape index (κ2) is 9.90. The molecular weight excluding hydrogens is 354 g/mol. The minimum Gasteiger partial charge on any atom is -0.497 e. The predicted octanol–water partition coefficient (Wildman–Crippen LogP) is 2.79. The van der Waals surface area contributed by atoms with Crippen LogP contribution in [0.25, 0.3) is 0 Å². The highest BCUT2D eigenvalue weighted by atomic mass is 32.2. The summed E-state index contributed by atoms with van der Waals surface area (Å²) < 4.78 is 5.11. The van der Waals surface area contributed by atoms with Crippen LogP contribution >= 0.6 is 24.0 Å². The molecule has 0 saturated carbocycles. The van der Waals surface area contributed by atoms with Crippen molar-refractivity contribution in [2.24, 2.45) is 0 Å². The van der Waals surface area contributed by atoms with Crippen molar-refractivity contribution in [1.29, 1.82) is 0 Å². The lowest BCUT2D eigenvalue weighted by atomic mass is 10.2. The zero-order valence-electron chi connectivity index (χ0n) is 14.2. The summed E-state index contributed by atoms with van der Waals surface area (Å²) in [6, 6.07) is 15.7. The van der Waals surface area contributed by atoms with Gasteiger partial charge in [0.2, 0.25) is 5.91 Å². The Morgan fingerprint density at radius 1 is 1.08 bits per heavy atom. The maximum absolute atomic E-state index is 11.8. The number of hydrogen-bond donors (Lipinski definition) is 3. The second-order valence-corrected chi connectivity index (χ2v) is 6.76. The molecule has 0 atom stereocenters. The largest absolute Gasteiger partial charge is 0.497 e. The Balaban J connectivity index is 1.64. The number of thiocarbonyl (C=S) groups is 1. The van der Waals surface area contributed by atoms with Crippen molar-refractivity contribution in [2.75, 3.05) is 12.9 Å². The maximum Gasteiger partial charge on any atom is 0.248 e. The molecule has 0 bridgehead atoms. The predicted molar refractivity (Wildman–Crippen MR) is 106 cm³/mol. The first-order valence-electron chi connectivity index (χ1n) is 7.72. The van der Waals surface area contributed by atoms with Crippen molar-refractivity contribution in [1.82, 2.24) is 16.2 Å². The van der Waals surface area contributed by atoms with Crippen molar-refractivity contribution in [3.8, 4) is 5.75 Å². The van der Waals surface area contributed by atoms with Gasteiger partial charge in [-0.25, -0.2) is 0 Å². The smallest absolute Gasteiger partial charge is 0.248 e. The molecule has 0 spiro atoms. The Morgan fingerprint density at radius 3 is 2.40 bits per heavy atom. The van der Waals surface area contributed by atoms with Gasteiger partial charge in [-0.2, -0.15) is 0 Å². The van der Waals surface area contributed by atoms with Crippen molar-refractivity contribution in [3.05, 3.63) is 59.7 Å². The van der Waals surface area contributed by atoms with E-state index < -0.39 is 0 Å². The van der Waals surface area contributed by atoms with E-state index in [1.165, 1.54) is 17.3 Å². The molecule has 2 aromatic carbocycles. The SMILES string of the molecule is COc1ccc(CNC(=S)NNC(=O)CSc2ccc(C)cc2)cc1. The Kier molecular flexibility index (Phi) is 7.56. The van der Waals surface area contributed by atoms with Crippen LogP contribution in [0.4, 0.5) is 0 Å². The van der Waals surface area contributed by atoms with Gasteiger partial charge in [-0.3, -0.25) is 15.6 Å². The van der Waals surface area contributed by atoms with E-state index in [9.17, 15) is 4.79 Å². The third kappa shape index (κ3) is 7.03. The zero-order chi connectivity index (χ0) is 18.1. The van der Waals surface area contributed by atoms with Crippen LogP contribution in [0.2, 0.25) is 0 Å². The van der Waals surface area contributed by atoms with Crippen LogP contribution in [-0.4, -0.2) is 23.9 Å². The van der Waals surface area contributed by atoms with Crippen LogP contribution in [0.1, 0.15) is 11.1 Å². The number of hydrazine groups is 1. The fraction of sp³-hybridized carbons (Fsp3) is 0.222. The average Bonchev–Trinajstić information content (AvgIpc) is 2.64. The van der Waals surface area contributed by atoms with Crippen molar-refractivity contribution >= 4 is 35.0 Å². The Hall–Kier alpha value is -2.25. The highest BCUT2D eigenvalue weighted by Crippen LogP contribution is 2.17. The van der Waals surface area contributed by atoms with Gasteiger partial charge >= 0.3 is 0 Å². The van der Waals surface area contributed by atoms with E-state index in [1.807, 2.05) is 55.5 Å². The van der Waals surface area contributed by atoms with Crippen LogP contribution in [0.5, 0.6) is 5.75 Å². The molecule has 2 aromatic rings. The van der Waals surface area contributed by atoms with Crippen LogP contribution < -0.4 is 20.9 Å². The summed E-state index contributed by atoms with van der Waals surface area (Å²) >= 11 is 6.62. The monoisotopic (exact) mass is 375 g/mol. The molecule has 0 heterocycles. The van der Waals surface area contributed by atoms with Gasteiger partial charge in [-0.1, -0.05) is 29.8 Å². The van der Waals surface area contributed by atoms with E-state index in [0.29, 0.717) is 17.4 Å². The molecule has 0 fully saturated rings. The fourth-order valence-electron chi connectivity index (χ4n) is 1.92. The third-order valence-corrected chi connectivity index (χ3v) is 4.58. The van der Waals surface area contributed by atoms with Crippen molar-refractivity contribution in [3.63, 3.8) is 0 Å². The number of ether oxygens (including phenoxy) is 1. The van der Waals surface area contributed by atoms with Gasteiger partial charge in [0, 0.05) is 11.4 Å². The molecule has 3 N–H and O–H groups in total. The highest BCUT2D eigenvalue weighted by Gasteiger charge is 2.04. The number of carbonyl (C=O) groups is 1. The van der Waals surface area contributed by atoms with Gasteiger partial charge in [0.25, 0.3) is 0 Å². The normalized spacial score (nSPS) is 10.0. The third-order valence-electron chi connectivity index (χ3n) is 3.32. The maximum atomic E-state index is 11.8. The molecule has 5 nitrogen and oxygen atoms in total. The highest BCUT2D eigenvalue weighted by molar-refractivity contribution is 8.00. The summed E-state index contributed by atoms with van der Waals surface area (Å²) in [5.41, 5.74) is 7.55. The minimum absolute atomic E-state index is 0.140. The standard InChI is InChI=1S/C18H21N3O2S2/c1-13-3-9-16(10-4-13)25-12-17(22)20-21-18(24)19-11-14-5-7-15(23-2)8-6-14/h3-10H,11-12H2,1-2H3,(H,20,22)(H2,19,21,24). The number of rotatable bonds is 6. The number of nitrogens with one attached hydrogen (secondary N) is 3. The minimum atomic E-state index is -0.140. The Labute approximate surface area is 157 Å². The van der Waals surface area contributed by atoms with Gasteiger partial charge < -0.3 is 10.1 Å². The first-order valence-corrected chi connectivity index (χ1v) is 9.11. The topological polar surface area (TPSA) is 62.4 Å². The molecule has 0 aromatic heterocycles. The van der Waals surface area contributed by atoms with Crippen molar-refractivity contribution < 1.29 is 9.53 Å². The zero-order valence-corrected chi connectivity index (χ0v) is 15.8. The fourth-order valence-corrected chi connectivity index (χ4v) is 2.74. The molecule has 132 valence electrons. The molecule has 0 saturated heterocycles. The number of benzene rings is 2. The first-order chi connectivity index (χ1) is 12.1. The molecule has 25 heavy (non-hydrogen) atoms. The van der Waals surface area contributed by atoms with E-state index >= 15 is 0 Å². The number of methoxy groups -OCH3 is 1. The summed E-state index contributed by atoms with van der Waals surface area (Å²) in [6.45, 7) is 2.59. The molecule has 0 unspecified atom stereocenters. The molecule has 7 heteroatoms. The number of hydrogen-bond acceptors (Lipinski definition) is 4. The van der Waals surface area contributed by atoms with Gasteiger partial charge in [-0.15, -0.1) is 11.8 Å². The van der Waals surface area contributed by atoms with Gasteiger partial charge in [-0.05, 0) is 49.0 Å². The second-order valence-electron chi connectivity index (χ2n) is 5.31. The van der Waals surface area contributed by atoms with E-state index in [2.05, 4.69) is 16.2 Å². The van der Waals surface area contributed by atoms with Crippen LogP contribution in [0.3, 0.4) is 0 Å². The van der Waals surface area contributed by atoms with E-state index in [0.717, 1.165) is 16.2 Å². The number of carbonyl (C=O) groups excluding carboxylic acids is 1. The summed E-state index contributed by atoms with van der Waals surface area (Å²) in [5.74, 6) is 0.985.